The Morgan fingerprint density at radius 2 is 2.00 bits per heavy atom. The SMILES string of the molecule is CCOc1cc2c(cc1CNC(=O)CCS(=O)(=O)c1ccc(F)cc1)O[C@H](C)C2. The molecule has 29 heavy (non-hydrogen) atoms. The van der Waals surface area contributed by atoms with Gasteiger partial charge in [-0.05, 0) is 50.2 Å². The molecular weight excluding hydrogens is 397 g/mol. The van der Waals surface area contributed by atoms with Gasteiger partial charge in [-0.25, -0.2) is 12.8 Å². The zero-order valence-electron chi connectivity index (χ0n) is 16.4. The quantitative estimate of drug-likeness (QED) is 0.663. The molecule has 1 aliphatic heterocycles. The Bertz CT molecular complexity index is 989. The lowest BCUT2D eigenvalue weighted by molar-refractivity contribution is -0.120. The molecule has 0 aromatic heterocycles. The third-order valence-electron chi connectivity index (χ3n) is 4.63. The van der Waals surface area contributed by atoms with Crippen LogP contribution in [0.2, 0.25) is 0 Å². The van der Waals surface area contributed by atoms with Crippen molar-refractivity contribution in [2.24, 2.45) is 0 Å². The van der Waals surface area contributed by atoms with E-state index < -0.39 is 21.6 Å². The van der Waals surface area contributed by atoms with E-state index in [1.807, 2.05) is 26.0 Å². The largest absolute Gasteiger partial charge is 0.494 e. The summed E-state index contributed by atoms with van der Waals surface area (Å²) in [5.74, 6) is 0.202. The Morgan fingerprint density at radius 1 is 1.28 bits per heavy atom. The second kappa shape index (κ2) is 8.82. The van der Waals surface area contributed by atoms with E-state index in [1.165, 1.54) is 12.1 Å². The fourth-order valence-electron chi connectivity index (χ4n) is 3.18. The number of halogens is 1. The molecule has 6 nitrogen and oxygen atoms in total. The second-order valence-electron chi connectivity index (χ2n) is 6.93. The van der Waals surface area contributed by atoms with E-state index in [0.717, 1.165) is 35.4 Å². The average molecular weight is 421 g/mol. The molecule has 0 unspecified atom stereocenters. The third kappa shape index (κ3) is 5.26. The van der Waals surface area contributed by atoms with Gasteiger partial charge in [0.2, 0.25) is 5.91 Å². The number of amides is 1. The van der Waals surface area contributed by atoms with Crippen molar-refractivity contribution in [3.63, 3.8) is 0 Å². The summed E-state index contributed by atoms with van der Waals surface area (Å²) >= 11 is 0. The standard InChI is InChI=1S/C21H24FNO5S/c1-3-27-19-11-15-10-14(2)28-20(15)12-16(19)13-23-21(24)8-9-29(25,26)18-6-4-17(22)5-7-18/h4-7,11-12,14H,3,8-10,13H2,1-2H3,(H,23,24)/t14-/m1/s1. The maximum absolute atomic E-state index is 13.0. The molecule has 0 bridgehead atoms. The lowest BCUT2D eigenvalue weighted by atomic mass is 10.1. The van der Waals surface area contributed by atoms with Crippen molar-refractivity contribution in [2.45, 2.75) is 44.2 Å². The Labute approximate surface area is 169 Å². The molecule has 1 amide bonds. The fraction of sp³-hybridized carbons (Fsp3) is 0.381. The summed E-state index contributed by atoms with van der Waals surface area (Å²) < 4.78 is 49.0. The van der Waals surface area contributed by atoms with E-state index in [-0.39, 0.29) is 29.7 Å². The van der Waals surface area contributed by atoms with Crippen LogP contribution in [0, 0.1) is 5.82 Å². The van der Waals surface area contributed by atoms with E-state index in [2.05, 4.69) is 5.32 Å². The van der Waals surface area contributed by atoms with Crippen molar-refractivity contribution in [3.8, 4) is 11.5 Å². The summed E-state index contributed by atoms with van der Waals surface area (Å²) in [5.41, 5.74) is 1.84. The van der Waals surface area contributed by atoms with Crippen molar-refractivity contribution in [1.29, 1.82) is 0 Å². The van der Waals surface area contributed by atoms with E-state index in [0.29, 0.717) is 12.4 Å². The molecule has 1 heterocycles. The summed E-state index contributed by atoms with van der Waals surface area (Å²) in [7, 11) is -3.66. The van der Waals surface area contributed by atoms with Crippen molar-refractivity contribution in [3.05, 3.63) is 53.3 Å². The number of nitrogens with one attached hydrogen (secondary N) is 1. The van der Waals surface area contributed by atoms with E-state index in [4.69, 9.17) is 9.47 Å². The van der Waals surface area contributed by atoms with Gasteiger partial charge in [0, 0.05) is 30.5 Å². The number of hydrogen-bond donors (Lipinski definition) is 1. The highest BCUT2D eigenvalue weighted by Crippen LogP contribution is 2.35. The molecule has 1 aliphatic rings. The third-order valence-corrected chi connectivity index (χ3v) is 6.36. The van der Waals surface area contributed by atoms with Gasteiger partial charge >= 0.3 is 0 Å². The van der Waals surface area contributed by atoms with Gasteiger partial charge in [0.05, 0.1) is 17.3 Å². The maximum atomic E-state index is 13.0. The van der Waals surface area contributed by atoms with Gasteiger partial charge in [-0.3, -0.25) is 4.79 Å². The zero-order valence-corrected chi connectivity index (χ0v) is 17.2. The van der Waals surface area contributed by atoms with Crippen molar-refractivity contribution in [1.82, 2.24) is 5.32 Å². The Kier molecular flexibility index (Phi) is 6.42. The molecule has 0 saturated carbocycles. The first-order chi connectivity index (χ1) is 13.8. The van der Waals surface area contributed by atoms with Crippen LogP contribution in [0.1, 0.15) is 31.4 Å². The molecule has 1 N–H and O–H groups in total. The van der Waals surface area contributed by atoms with Crippen LogP contribution in [0.3, 0.4) is 0 Å². The minimum atomic E-state index is -3.66. The van der Waals surface area contributed by atoms with Gasteiger partial charge in [-0.1, -0.05) is 0 Å². The minimum absolute atomic E-state index is 0.00442. The van der Waals surface area contributed by atoms with Gasteiger partial charge < -0.3 is 14.8 Å². The molecule has 0 radical (unpaired) electrons. The Morgan fingerprint density at radius 3 is 2.69 bits per heavy atom. The molecule has 0 saturated heterocycles. The van der Waals surface area contributed by atoms with Gasteiger partial charge in [0.25, 0.3) is 0 Å². The lowest BCUT2D eigenvalue weighted by Crippen LogP contribution is -2.25. The highest BCUT2D eigenvalue weighted by molar-refractivity contribution is 7.91. The van der Waals surface area contributed by atoms with Crippen LogP contribution in [-0.2, 0) is 27.6 Å². The Balaban J connectivity index is 1.60. The van der Waals surface area contributed by atoms with Crippen molar-refractivity contribution < 1.29 is 27.1 Å². The summed E-state index contributed by atoms with van der Waals surface area (Å²) in [6, 6.07) is 8.35. The maximum Gasteiger partial charge on any atom is 0.221 e. The molecule has 8 heteroatoms. The van der Waals surface area contributed by atoms with E-state index >= 15 is 0 Å². The van der Waals surface area contributed by atoms with Crippen LogP contribution in [-0.4, -0.2) is 32.8 Å². The van der Waals surface area contributed by atoms with Crippen LogP contribution in [0.15, 0.2) is 41.3 Å². The van der Waals surface area contributed by atoms with Gasteiger partial charge in [-0.15, -0.1) is 0 Å². The zero-order chi connectivity index (χ0) is 21.0. The van der Waals surface area contributed by atoms with Crippen molar-refractivity contribution >= 4 is 15.7 Å². The molecule has 0 aliphatic carbocycles. The fourth-order valence-corrected chi connectivity index (χ4v) is 4.42. The number of carbonyl (C=O) groups excluding carboxylic acids is 1. The molecule has 2 aromatic rings. The van der Waals surface area contributed by atoms with E-state index in [9.17, 15) is 17.6 Å². The van der Waals surface area contributed by atoms with E-state index in [1.54, 1.807) is 0 Å². The predicted molar refractivity (Wildman–Crippen MR) is 106 cm³/mol. The monoisotopic (exact) mass is 421 g/mol. The van der Waals surface area contributed by atoms with Gasteiger partial charge in [0.15, 0.2) is 9.84 Å². The molecule has 0 fully saturated rings. The molecule has 2 aromatic carbocycles. The summed E-state index contributed by atoms with van der Waals surface area (Å²) in [6.07, 6.45) is 0.715. The second-order valence-corrected chi connectivity index (χ2v) is 9.04. The number of carbonyl (C=O) groups is 1. The first-order valence-corrected chi connectivity index (χ1v) is 11.1. The Hall–Kier alpha value is -2.61. The first kappa shape index (κ1) is 21.1. The number of rotatable bonds is 8. The number of ether oxygens (including phenoxy) is 2. The molecule has 156 valence electrons. The van der Waals surface area contributed by atoms with Gasteiger partial charge in [-0.2, -0.15) is 0 Å². The van der Waals surface area contributed by atoms with Crippen LogP contribution in [0.5, 0.6) is 11.5 Å². The smallest absolute Gasteiger partial charge is 0.221 e. The topological polar surface area (TPSA) is 81.7 Å². The number of benzene rings is 2. The van der Waals surface area contributed by atoms with Crippen molar-refractivity contribution in [2.75, 3.05) is 12.4 Å². The minimum Gasteiger partial charge on any atom is -0.494 e. The predicted octanol–water partition coefficient (Wildman–Crippen LogP) is 3.03. The van der Waals surface area contributed by atoms with Crippen LogP contribution >= 0.6 is 0 Å². The molecule has 3 rings (SSSR count). The number of sulfone groups is 1. The normalized spacial score (nSPS) is 15.5. The average Bonchev–Trinajstić information content (AvgIpc) is 3.04. The summed E-state index contributed by atoms with van der Waals surface area (Å²) in [5, 5.41) is 2.73. The summed E-state index contributed by atoms with van der Waals surface area (Å²) in [6.45, 7) is 4.57. The number of hydrogen-bond acceptors (Lipinski definition) is 5. The van der Waals surface area contributed by atoms with Crippen LogP contribution in [0.25, 0.3) is 0 Å². The van der Waals surface area contributed by atoms with Crippen LogP contribution in [0.4, 0.5) is 4.39 Å². The highest BCUT2D eigenvalue weighted by atomic mass is 32.2. The van der Waals surface area contributed by atoms with Gasteiger partial charge in [0.1, 0.15) is 23.4 Å². The summed E-state index contributed by atoms with van der Waals surface area (Å²) in [4.78, 5) is 12.2. The molecular formula is C21H24FNO5S. The lowest BCUT2D eigenvalue weighted by Gasteiger charge is -2.13. The first-order valence-electron chi connectivity index (χ1n) is 9.48. The van der Waals surface area contributed by atoms with Crippen LogP contribution < -0.4 is 14.8 Å². The number of fused-ring (bicyclic) bond motifs is 1. The molecule has 1 atom stereocenters. The highest BCUT2D eigenvalue weighted by Gasteiger charge is 2.22. The molecule has 0 spiro atoms.